The highest BCUT2D eigenvalue weighted by Gasteiger charge is 2.40. The Morgan fingerprint density at radius 2 is 1.86 bits per heavy atom. The van der Waals surface area contributed by atoms with E-state index in [9.17, 15) is 9.59 Å². The van der Waals surface area contributed by atoms with Crippen LogP contribution in [0, 0.1) is 5.92 Å². The van der Waals surface area contributed by atoms with E-state index in [1.165, 1.54) is 12.8 Å². The molecule has 0 radical (unpaired) electrons. The van der Waals surface area contributed by atoms with Crippen molar-refractivity contribution in [3.63, 3.8) is 0 Å². The molecule has 3 amide bonds. The number of hydrogen-bond acceptors (Lipinski definition) is 3. The Hall–Kier alpha value is -2.86. The van der Waals surface area contributed by atoms with Crippen LogP contribution in [0.5, 0.6) is 0 Å². The molecule has 1 saturated carbocycles. The van der Waals surface area contributed by atoms with E-state index in [0.717, 1.165) is 11.3 Å². The fourth-order valence-corrected chi connectivity index (χ4v) is 4.24. The second-order valence-corrected chi connectivity index (χ2v) is 8.06. The Morgan fingerprint density at radius 1 is 1.03 bits per heavy atom. The molecule has 2 aliphatic heterocycles. The molecule has 2 aromatic rings. The minimum atomic E-state index is -0.112. The number of carbonyl (C=O) groups is 2. The molecule has 0 spiro atoms. The molecule has 2 atom stereocenters. The Kier molecular flexibility index (Phi) is 4.72. The lowest BCUT2D eigenvalue weighted by Gasteiger charge is -2.38. The minimum absolute atomic E-state index is 0.00124. The van der Waals surface area contributed by atoms with Crippen molar-refractivity contribution < 1.29 is 14.3 Å². The summed E-state index contributed by atoms with van der Waals surface area (Å²) in [6.07, 6.45) is 2.33. The number of rotatable bonds is 4. The van der Waals surface area contributed by atoms with Gasteiger partial charge in [0.15, 0.2) is 0 Å². The molecular weight excluding hydrogens is 366 g/mol. The van der Waals surface area contributed by atoms with Crippen LogP contribution in [0.4, 0.5) is 10.5 Å². The number of benzene rings is 2. The van der Waals surface area contributed by atoms with Crippen LogP contribution >= 0.6 is 0 Å². The fourth-order valence-electron chi connectivity index (χ4n) is 4.24. The van der Waals surface area contributed by atoms with Gasteiger partial charge < -0.3 is 15.0 Å². The fraction of sp³-hybridized carbons (Fsp3) is 0.391. The second-order valence-electron chi connectivity index (χ2n) is 8.06. The van der Waals surface area contributed by atoms with Gasteiger partial charge in [0.2, 0.25) is 0 Å². The highest BCUT2D eigenvalue weighted by molar-refractivity contribution is 5.98. The summed E-state index contributed by atoms with van der Waals surface area (Å²) in [5.41, 5.74) is 2.49. The average molecular weight is 391 g/mol. The van der Waals surface area contributed by atoms with Crippen LogP contribution in [0.3, 0.4) is 0 Å². The standard InChI is InChI=1S/C23H25N3O3/c27-22(18-7-4-8-19(13-18)26-12-11-24-23(26)28)25-14-20(16-5-2-1-3-6-16)29-21(15-25)17-9-10-17/h1-8,13,17,20-21H,9-12,14-15H2,(H,24,28)/t20-,21+/m0/s1. The van der Waals surface area contributed by atoms with E-state index in [0.29, 0.717) is 37.7 Å². The maximum Gasteiger partial charge on any atom is 0.321 e. The van der Waals surface area contributed by atoms with Crippen molar-refractivity contribution in [1.29, 1.82) is 0 Å². The second kappa shape index (κ2) is 7.52. The normalized spacial score (nSPS) is 24.5. The SMILES string of the molecule is O=C(c1cccc(N2CCNC2=O)c1)N1C[C@@H](c2ccccc2)O[C@@H](C2CC2)C1. The molecule has 6 nitrogen and oxygen atoms in total. The van der Waals surface area contributed by atoms with E-state index in [4.69, 9.17) is 4.74 Å². The highest BCUT2D eigenvalue weighted by Crippen LogP contribution is 2.39. The number of nitrogens with one attached hydrogen (secondary N) is 1. The van der Waals surface area contributed by atoms with Crippen LogP contribution in [0.15, 0.2) is 54.6 Å². The van der Waals surface area contributed by atoms with Gasteiger partial charge in [0.25, 0.3) is 5.91 Å². The average Bonchev–Trinajstić information content (AvgIpc) is 3.54. The molecular formula is C23H25N3O3. The molecule has 2 aromatic carbocycles. The van der Waals surface area contributed by atoms with Crippen LogP contribution in [-0.4, -0.2) is 49.1 Å². The minimum Gasteiger partial charge on any atom is -0.366 e. The summed E-state index contributed by atoms with van der Waals surface area (Å²) >= 11 is 0. The summed E-state index contributed by atoms with van der Waals surface area (Å²) in [6, 6.07) is 17.4. The predicted octanol–water partition coefficient (Wildman–Crippen LogP) is 3.21. The molecule has 150 valence electrons. The number of amides is 3. The molecule has 0 aromatic heterocycles. The molecule has 0 unspecified atom stereocenters. The van der Waals surface area contributed by atoms with Gasteiger partial charge in [0.1, 0.15) is 6.10 Å². The Morgan fingerprint density at radius 3 is 2.59 bits per heavy atom. The molecule has 5 rings (SSSR count). The van der Waals surface area contributed by atoms with Gasteiger partial charge in [-0.25, -0.2) is 4.79 Å². The molecule has 3 fully saturated rings. The quantitative estimate of drug-likeness (QED) is 0.871. The highest BCUT2D eigenvalue weighted by atomic mass is 16.5. The molecule has 2 heterocycles. The Balaban J connectivity index is 1.38. The van der Waals surface area contributed by atoms with E-state index < -0.39 is 0 Å². The van der Waals surface area contributed by atoms with Crippen molar-refractivity contribution >= 4 is 17.6 Å². The number of morpholine rings is 1. The van der Waals surface area contributed by atoms with Crippen molar-refractivity contribution in [3.8, 4) is 0 Å². The third kappa shape index (κ3) is 3.72. The summed E-state index contributed by atoms with van der Waals surface area (Å²) in [5, 5.41) is 2.80. The van der Waals surface area contributed by atoms with Crippen molar-refractivity contribution in [1.82, 2.24) is 10.2 Å². The van der Waals surface area contributed by atoms with Crippen LogP contribution in [-0.2, 0) is 4.74 Å². The van der Waals surface area contributed by atoms with E-state index in [1.807, 2.05) is 47.4 Å². The van der Waals surface area contributed by atoms with Crippen molar-refractivity contribution in [2.75, 3.05) is 31.1 Å². The lowest BCUT2D eigenvalue weighted by molar-refractivity contribution is -0.0864. The van der Waals surface area contributed by atoms with Gasteiger partial charge in [-0.2, -0.15) is 0 Å². The molecule has 29 heavy (non-hydrogen) atoms. The van der Waals surface area contributed by atoms with Crippen LogP contribution in [0.2, 0.25) is 0 Å². The van der Waals surface area contributed by atoms with Crippen molar-refractivity contribution in [2.45, 2.75) is 25.0 Å². The monoisotopic (exact) mass is 391 g/mol. The topological polar surface area (TPSA) is 61.9 Å². The summed E-state index contributed by atoms with van der Waals surface area (Å²) in [6.45, 7) is 2.41. The summed E-state index contributed by atoms with van der Waals surface area (Å²) in [7, 11) is 0. The van der Waals surface area contributed by atoms with Crippen LogP contribution in [0.25, 0.3) is 0 Å². The summed E-state index contributed by atoms with van der Waals surface area (Å²) in [4.78, 5) is 29.0. The zero-order valence-corrected chi connectivity index (χ0v) is 16.3. The molecule has 2 saturated heterocycles. The first-order chi connectivity index (χ1) is 14.2. The smallest absolute Gasteiger partial charge is 0.321 e. The first-order valence-corrected chi connectivity index (χ1v) is 10.3. The Bertz CT molecular complexity index is 913. The van der Waals surface area contributed by atoms with Gasteiger partial charge >= 0.3 is 6.03 Å². The Labute approximate surface area is 170 Å². The van der Waals surface area contributed by atoms with Gasteiger partial charge in [-0.05, 0) is 42.5 Å². The first kappa shape index (κ1) is 18.2. The van der Waals surface area contributed by atoms with Gasteiger partial charge in [0.05, 0.1) is 12.6 Å². The number of carbonyl (C=O) groups excluding carboxylic acids is 2. The number of nitrogens with zero attached hydrogens (tertiary/aromatic N) is 2. The zero-order chi connectivity index (χ0) is 19.8. The van der Waals surface area contributed by atoms with E-state index in [2.05, 4.69) is 17.4 Å². The summed E-state index contributed by atoms with van der Waals surface area (Å²) < 4.78 is 6.38. The number of ether oxygens (including phenoxy) is 1. The number of urea groups is 1. The molecule has 3 aliphatic rings. The lowest BCUT2D eigenvalue weighted by atomic mass is 10.0. The van der Waals surface area contributed by atoms with Crippen molar-refractivity contribution in [3.05, 3.63) is 65.7 Å². The van der Waals surface area contributed by atoms with Gasteiger partial charge in [-0.1, -0.05) is 36.4 Å². The van der Waals surface area contributed by atoms with Crippen molar-refractivity contribution in [2.24, 2.45) is 5.92 Å². The third-order valence-corrected chi connectivity index (χ3v) is 5.99. The number of anilines is 1. The molecule has 1 N–H and O–H groups in total. The third-order valence-electron chi connectivity index (χ3n) is 5.99. The van der Waals surface area contributed by atoms with Crippen LogP contribution < -0.4 is 10.2 Å². The number of hydrogen-bond donors (Lipinski definition) is 1. The molecule has 6 heteroatoms. The largest absolute Gasteiger partial charge is 0.366 e. The molecule has 1 aliphatic carbocycles. The molecule has 0 bridgehead atoms. The maximum absolute atomic E-state index is 13.4. The van der Waals surface area contributed by atoms with Crippen LogP contribution in [0.1, 0.15) is 34.9 Å². The maximum atomic E-state index is 13.4. The lowest BCUT2D eigenvalue weighted by Crippen LogP contribution is -2.47. The van der Waals surface area contributed by atoms with Gasteiger partial charge in [-0.15, -0.1) is 0 Å². The first-order valence-electron chi connectivity index (χ1n) is 10.3. The predicted molar refractivity (Wildman–Crippen MR) is 110 cm³/mol. The van der Waals surface area contributed by atoms with E-state index >= 15 is 0 Å². The van der Waals surface area contributed by atoms with Gasteiger partial charge in [0, 0.05) is 30.9 Å². The van der Waals surface area contributed by atoms with E-state index in [1.54, 1.807) is 4.90 Å². The zero-order valence-electron chi connectivity index (χ0n) is 16.3. The van der Waals surface area contributed by atoms with Gasteiger partial charge in [-0.3, -0.25) is 9.69 Å². The summed E-state index contributed by atoms with van der Waals surface area (Å²) in [5.74, 6) is 0.553. The van der Waals surface area contributed by atoms with E-state index in [-0.39, 0.29) is 24.1 Å².